The van der Waals surface area contributed by atoms with Gasteiger partial charge in [-0.25, -0.2) is 18.2 Å². The van der Waals surface area contributed by atoms with E-state index in [0.29, 0.717) is 119 Å². The van der Waals surface area contributed by atoms with Crippen LogP contribution in [0.5, 0.6) is 17.2 Å². The first-order chi connectivity index (χ1) is 67.2. The summed E-state index contributed by atoms with van der Waals surface area (Å²) in [4.78, 5) is 109. The highest BCUT2D eigenvalue weighted by Gasteiger charge is 2.39. The van der Waals surface area contributed by atoms with Crippen LogP contribution in [0.2, 0.25) is 0 Å². The number of fused-ring (bicyclic) bond motifs is 3. The molecule has 0 saturated heterocycles. The lowest BCUT2D eigenvalue weighted by Crippen LogP contribution is -2.50. The zero-order chi connectivity index (χ0) is 100. The Morgan fingerprint density at radius 3 is 1.56 bits per heavy atom. The van der Waals surface area contributed by atoms with Crippen LogP contribution < -0.4 is 56.7 Å². The summed E-state index contributed by atoms with van der Waals surface area (Å²) in [6, 6.07) is 54.5. The van der Waals surface area contributed by atoms with Gasteiger partial charge in [-0.15, -0.1) is 22.7 Å². The molecule has 4 aliphatic rings. The van der Waals surface area contributed by atoms with E-state index in [1.165, 1.54) is 29.1 Å². The Labute approximate surface area is 850 Å². The number of rotatable bonds is 29. The molecule has 14 rings (SSSR count). The second-order valence-corrected chi connectivity index (χ2v) is 41.2. The molecular weight excluding hydrogens is 1850 g/mol. The number of thiophene rings is 1. The number of hydrogen-bond donors (Lipinski definition) is 10. The van der Waals surface area contributed by atoms with Crippen LogP contribution in [0.3, 0.4) is 0 Å². The molecule has 10 atom stereocenters. The molecule has 34 heteroatoms. The third-order valence-corrected chi connectivity index (χ3v) is 29.8. The molecule has 0 radical (unpaired) electrons. The second-order valence-electron chi connectivity index (χ2n) is 37.1. The summed E-state index contributed by atoms with van der Waals surface area (Å²) in [5, 5.41) is 52.4. The molecule has 774 valence electrons. The largest absolute Gasteiger partial charge is 0.490 e. The first-order valence-corrected chi connectivity index (χ1v) is 51.0. The van der Waals surface area contributed by atoms with Crippen LogP contribution in [0.4, 0.5) is 44.6 Å². The third kappa shape index (κ3) is 29.4. The van der Waals surface area contributed by atoms with Crippen molar-refractivity contribution in [2.24, 2.45) is 17.8 Å². The number of aromatic nitrogens is 1. The standard InChI is InChI=1S/C41H44N6O5S.C38H53N5O5.C27H38N4O6S2.CH4.9H2/c1-26-22-47(27(2)25-48)41(51)32-8-7-11-35(45-39(50)30-16-18-31(19-17-30)40-43-20-21-53-40)37(32)52-36(26)24-46(4)23-28-12-14-29(15-13-28)38(49)44-34-10-6-5-9-33(34)42-3;1-26-22-43(27(2)25-44)38(46)32-21-31(41(4)5)18-19-35(32)48-28(3)11-9-10-20-47-36(26)24-42(6)23-29-14-16-30(17-15-29)37(45)40-34-13-8-7-12-33(34)39;1-18-15-31(19(2)17-32)26(33)22-14-21(29-27(34)28-20-8-5-4-6-9-20)11-12-23(22)37-24(18)16-30(3)39(35,36)25-10-7-13-38-25;;;;;;;;;;/h5-21,26-27,36,42,48H,22-25H2,1-4H3,(H,44,49)(H,45,50);7-8,12-19,21,26-28,36,44H,9-11,20,22-25,39H2,1-6H3,(H,40,45);7,10-14,18-20,24,32H,4-6,8-9,15-17H2,1-3H3,(H2,28,29,34);1H4;9*1H/t26-,27-,36-;26-,27+,28+,36-;18-,19-,24-;;;;;;;;;;/m101........../s1. The van der Waals surface area contributed by atoms with Crippen LogP contribution in [-0.4, -0.2) is 256 Å². The number of nitrogens with two attached hydrogens (primary N) is 1. The second kappa shape index (κ2) is 51.9. The van der Waals surface area contributed by atoms with Gasteiger partial charge in [-0.05, 0) is 206 Å². The summed E-state index contributed by atoms with van der Waals surface area (Å²) < 4.78 is 53.5. The first-order valence-electron chi connectivity index (χ1n) is 47.8. The molecule has 1 aliphatic carbocycles. The molecule has 0 unspecified atom stereocenters. The lowest BCUT2D eigenvalue weighted by atomic mass is 9.96. The Balaban J connectivity index is 0.000000743. The fourth-order valence-electron chi connectivity index (χ4n) is 17.3. The molecule has 3 aliphatic heterocycles. The number of aliphatic hydroxyl groups is 3. The molecular formula is C107H157N15O16S3. The van der Waals surface area contributed by atoms with Crippen molar-refractivity contribution in [1.29, 1.82) is 0 Å². The maximum Gasteiger partial charge on any atom is 0.319 e. The summed E-state index contributed by atoms with van der Waals surface area (Å²) in [6.45, 7) is 17.0. The quantitative estimate of drug-likeness (QED) is 0.0195. The van der Waals surface area contributed by atoms with E-state index in [-0.39, 0.29) is 147 Å². The van der Waals surface area contributed by atoms with Gasteiger partial charge in [0.1, 0.15) is 32.9 Å². The molecule has 11 N–H and O–H groups in total. The predicted octanol–water partition coefficient (Wildman–Crippen LogP) is 18.8. The van der Waals surface area contributed by atoms with Crippen LogP contribution in [-0.2, 0) is 27.8 Å². The average Bonchev–Trinajstić information content (AvgIpc) is 0.828. The number of nitrogen functional groups attached to an aromatic ring is 1. The molecule has 0 spiro atoms. The summed E-state index contributed by atoms with van der Waals surface area (Å²) in [6.07, 6.45) is 8.55. The number of urea groups is 1. The Bertz CT molecular complexity index is 5950. The number of nitrogens with one attached hydrogen (secondary N) is 6. The van der Waals surface area contributed by atoms with Crippen LogP contribution >= 0.6 is 22.7 Å². The number of ether oxygens (including phenoxy) is 4. The number of anilines is 7. The number of thiazole rings is 1. The molecule has 1 saturated carbocycles. The summed E-state index contributed by atoms with van der Waals surface area (Å²) >= 11 is 2.67. The van der Waals surface area contributed by atoms with Crippen LogP contribution in [0, 0.1) is 17.8 Å². The van der Waals surface area contributed by atoms with Crippen molar-refractivity contribution in [1.82, 2.24) is 39.1 Å². The van der Waals surface area contributed by atoms with Crippen molar-refractivity contribution in [2.75, 3.05) is 145 Å². The normalized spacial score (nSPS) is 18.8. The minimum Gasteiger partial charge on any atom is -0.490 e. The fraction of sp³-hybridized carbons (Fsp3) is 0.421. The number of carbonyl (C=O) groups excluding carboxylic acids is 7. The lowest BCUT2D eigenvalue weighted by Gasteiger charge is -2.38. The van der Waals surface area contributed by atoms with E-state index in [0.717, 1.165) is 89.4 Å². The zero-order valence-corrected chi connectivity index (χ0v) is 84.6. The van der Waals surface area contributed by atoms with Gasteiger partial charge in [0.05, 0.1) is 102 Å². The van der Waals surface area contributed by atoms with Gasteiger partial charge >= 0.3 is 6.03 Å². The van der Waals surface area contributed by atoms with Gasteiger partial charge in [0.15, 0.2) is 5.75 Å². The number of carbonyl (C=O) groups is 7. The van der Waals surface area contributed by atoms with Crippen molar-refractivity contribution in [3.8, 4) is 27.8 Å². The van der Waals surface area contributed by atoms with Gasteiger partial charge in [0.25, 0.3) is 45.5 Å². The van der Waals surface area contributed by atoms with Crippen molar-refractivity contribution in [2.45, 2.75) is 173 Å². The molecule has 10 aromatic rings. The molecule has 0 bridgehead atoms. The Hall–Kier alpha value is -12.4. The number of para-hydroxylation sites is 5. The van der Waals surface area contributed by atoms with Gasteiger partial charge in [0.2, 0.25) is 0 Å². The maximum absolute atomic E-state index is 14.2. The first kappa shape index (κ1) is 109. The van der Waals surface area contributed by atoms with Gasteiger partial charge < -0.3 is 91.5 Å². The average molecular weight is 2010 g/mol. The Morgan fingerprint density at radius 2 is 1.01 bits per heavy atom. The minimum atomic E-state index is -3.70. The smallest absolute Gasteiger partial charge is 0.319 e. The van der Waals surface area contributed by atoms with Crippen LogP contribution in [0.1, 0.15) is 193 Å². The van der Waals surface area contributed by atoms with Crippen molar-refractivity contribution in [3.63, 3.8) is 0 Å². The number of hydrogen-bond acceptors (Lipinski definition) is 24. The molecule has 8 aromatic carbocycles. The van der Waals surface area contributed by atoms with Gasteiger partial charge in [0, 0.05) is 162 Å². The summed E-state index contributed by atoms with van der Waals surface area (Å²) in [7, 11) is 7.57. The number of likely N-dealkylation sites (N-methyl/N-ethyl adjacent to an activating group) is 3. The molecule has 5 heterocycles. The van der Waals surface area contributed by atoms with Gasteiger partial charge in [-0.2, -0.15) is 4.31 Å². The van der Waals surface area contributed by atoms with E-state index in [2.05, 4.69) is 60.7 Å². The molecule has 141 heavy (non-hydrogen) atoms. The molecule has 2 aromatic heterocycles. The van der Waals surface area contributed by atoms with Crippen LogP contribution in [0.25, 0.3) is 10.6 Å². The number of sulfonamides is 1. The highest BCUT2D eigenvalue weighted by molar-refractivity contribution is 7.91. The third-order valence-electron chi connectivity index (χ3n) is 25.8. The minimum absolute atomic E-state index is 0. The molecule has 8 amide bonds. The van der Waals surface area contributed by atoms with Crippen molar-refractivity contribution >= 4 is 114 Å². The maximum atomic E-state index is 14.2. The van der Waals surface area contributed by atoms with Crippen molar-refractivity contribution in [3.05, 3.63) is 250 Å². The lowest BCUT2D eigenvalue weighted by molar-refractivity contribution is -0.0178. The Kier molecular flexibility index (Phi) is 40.1. The zero-order valence-electron chi connectivity index (χ0n) is 82.2. The van der Waals surface area contributed by atoms with Gasteiger partial charge in [-0.3, -0.25) is 38.6 Å². The fourth-order valence-corrected chi connectivity index (χ4v) is 20.3. The highest BCUT2D eigenvalue weighted by atomic mass is 32.2. The number of nitrogens with zero attached hydrogens (tertiary/aromatic N) is 8. The van der Waals surface area contributed by atoms with Gasteiger partial charge in [-0.1, -0.05) is 120 Å². The van der Waals surface area contributed by atoms with Crippen LogP contribution in [0.15, 0.2) is 209 Å². The van der Waals surface area contributed by atoms with E-state index in [1.54, 1.807) is 106 Å². The number of benzene rings is 8. The van der Waals surface area contributed by atoms with Crippen molar-refractivity contribution < 1.29 is 89.1 Å². The predicted molar refractivity (Wildman–Crippen MR) is 579 cm³/mol. The van der Waals surface area contributed by atoms with E-state index in [9.17, 15) is 57.3 Å². The monoisotopic (exact) mass is 2000 g/mol. The SMILES string of the molecule is C.CNc1ccccc1NC(=O)c1ccc(CN(C)C[C@H]2Oc3c(NC(=O)c4ccc(-c5nccs5)cc4)cccc3C(=O)N([C@H](C)CO)C[C@H]2C)cc1.C[C@@H]1CCCCO[C@@H](CN(C)Cc2ccc(C(=O)Nc3ccccc3N)cc2)[C@@H](C)CN([C@H](C)CO)C(=O)c2cc(N(C)C)ccc2O1.C[C@@H]1CN([C@H](C)CO)C(=O)c2cc(NC(=O)NC3CCCCC3)ccc2O[C@@H]1CN(C)S(=O)(=O)c1cccs1.[HH].[HH].[HH].[HH].[HH].[HH].[HH].[HH].[HH]. The molecule has 31 nitrogen and oxygen atoms in total. The number of amides is 8. The topological polar surface area (TPSA) is 385 Å². The summed E-state index contributed by atoms with van der Waals surface area (Å²) in [5.74, 6) is -0.757. The summed E-state index contributed by atoms with van der Waals surface area (Å²) in [5.41, 5.74) is 15.9. The van der Waals surface area contributed by atoms with E-state index in [1.807, 2.05) is 188 Å². The van der Waals surface area contributed by atoms with E-state index in [4.69, 9.17) is 24.7 Å². The van der Waals surface area contributed by atoms with E-state index < -0.39 is 34.3 Å². The van der Waals surface area contributed by atoms with E-state index >= 15 is 0 Å². The Morgan fingerprint density at radius 1 is 0.518 bits per heavy atom. The highest BCUT2D eigenvalue weighted by Crippen LogP contribution is 2.39. The molecule has 1 fully saturated rings. The number of aliphatic hydroxyl groups excluding tert-OH is 3.